The van der Waals surface area contributed by atoms with Crippen molar-refractivity contribution in [1.29, 1.82) is 0 Å². The third-order valence-corrected chi connectivity index (χ3v) is 0. The van der Waals surface area contributed by atoms with E-state index in [1.54, 1.807) is 0 Å². The van der Waals surface area contributed by atoms with Gasteiger partial charge in [-0.15, -0.1) is 0 Å². The second-order valence-corrected chi connectivity index (χ2v) is 0. The molecule has 0 spiro atoms. The van der Waals surface area contributed by atoms with Crippen LogP contribution in [0.15, 0.2) is 0 Å². The molecule has 0 aromatic heterocycles. The van der Waals surface area contributed by atoms with E-state index in [2.05, 4.69) is 0 Å². The molecule has 0 unspecified atom stereocenters. The average molecular weight is 99.9 g/mol. The van der Waals surface area contributed by atoms with Crippen LogP contribution in [0.4, 0.5) is 4.70 Å². The normalized spacial score (nSPS) is 0. The van der Waals surface area contributed by atoms with E-state index in [1.165, 1.54) is 0 Å². The van der Waals surface area contributed by atoms with Crippen molar-refractivity contribution < 1.29 is 37.4 Å². The Balaban J connectivity index is 0. The summed E-state index contributed by atoms with van der Waals surface area (Å²) in [7, 11) is 0. The topological polar surface area (TPSA) is 57.0 Å². The Morgan fingerprint density at radius 3 is 0.750 bits per heavy atom. The average Bonchev–Trinajstić information content (AvgIpc) is 0. The number of hydrogen-bond donors (Lipinski definition) is 0. The molecule has 0 saturated heterocycles. The van der Waals surface area contributed by atoms with Crippen LogP contribution >= 0.6 is 0 Å². The summed E-state index contributed by atoms with van der Waals surface area (Å²) in [6.45, 7) is 0. The van der Waals surface area contributed by atoms with E-state index in [0.717, 1.165) is 0 Å². The van der Waals surface area contributed by atoms with Crippen molar-refractivity contribution in [3.8, 4) is 0 Å². The molecule has 0 aliphatic rings. The summed E-state index contributed by atoms with van der Waals surface area (Å²) < 4.78 is 0. The molecular formula is HFO2Ti. The Bertz CT molecular complexity index is 6.00. The first-order chi connectivity index (χ1) is 0. The minimum atomic E-state index is 0. The molecule has 0 aliphatic carbocycles. The number of hydrogen-bond acceptors (Lipinski definition) is 0. The molecule has 4 heteroatoms. The van der Waals surface area contributed by atoms with Gasteiger partial charge in [0, 0.05) is 0 Å². The van der Waals surface area contributed by atoms with Crippen molar-refractivity contribution in [2.45, 2.75) is 0 Å². The first-order valence-corrected chi connectivity index (χ1v) is 0. The maximum absolute atomic E-state index is 0. The zero-order valence-electron chi connectivity index (χ0n) is 1.72. The van der Waals surface area contributed by atoms with Crippen LogP contribution in [0.25, 0.3) is 0 Å². The van der Waals surface area contributed by atoms with Crippen LogP contribution < -0.4 is 0 Å². The molecule has 0 aromatic carbocycles. The fourth-order valence-electron chi connectivity index (χ4n) is 0. The SMILES string of the molecule is F.[O-2].[O-2].[Ti+4]. The van der Waals surface area contributed by atoms with Crippen LogP contribution in [0.1, 0.15) is 0 Å². The van der Waals surface area contributed by atoms with E-state index in [9.17, 15) is 0 Å². The van der Waals surface area contributed by atoms with Gasteiger partial charge in [-0.3, -0.25) is 4.70 Å². The Labute approximate surface area is 38.1 Å². The van der Waals surface area contributed by atoms with E-state index < -0.39 is 0 Å². The molecule has 0 amide bonds. The van der Waals surface area contributed by atoms with Crippen molar-refractivity contribution in [2.75, 3.05) is 0 Å². The summed E-state index contributed by atoms with van der Waals surface area (Å²) in [5.41, 5.74) is 0. The molecule has 0 N–H and O–H groups in total. The minimum absolute atomic E-state index is 0. The van der Waals surface area contributed by atoms with Gasteiger partial charge in [-0.05, 0) is 0 Å². The summed E-state index contributed by atoms with van der Waals surface area (Å²) in [4.78, 5) is 0. The van der Waals surface area contributed by atoms with Gasteiger partial charge in [0.05, 0.1) is 0 Å². The monoisotopic (exact) mass is 99.9 g/mol. The van der Waals surface area contributed by atoms with Crippen molar-refractivity contribution in [2.24, 2.45) is 0 Å². The first-order valence-electron chi connectivity index (χ1n) is 0. The standard InChI is InChI=1S/FH.2O.Ti/h1H;;;/q;2*-2;+4. The van der Waals surface area contributed by atoms with Gasteiger partial charge >= 0.3 is 21.7 Å². The van der Waals surface area contributed by atoms with Gasteiger partial charge in [-0.25, -0.2) is 0 Å². The Kier molecular flexibility index (Phi) is 3350. The summed E-state index contributed by atoms with van der Waals surface area (Å²) in [5, 5.41) is 0. The van der Waals surface area contributed by atoms with Gasteiger partial charge in [0.15, 0.2) is 0 Å². The fourth-order valence-corrected chi connectivity index (χ4v) is 0. The zero-order valence-corrected chi connectivity index (χ0v) is 3.29. The van der Waals surface area contributed by atoms with Crippen LogP contribution in [0.3, 0.4) is 0 Å². The number of halogens is 1. The largest absolute Gasteiger partial charge is 4.00 e. The fraction of sp³-hybridized carbons (Fsp3) is 0. The summed E-state index contributed by atoms with van der Waals surface area (Å²) in [6, 6.07) is 0. The Morgan fingerprint density at radius 2 is 0.750 bits per heavy atom. The van der Waals surface area contributed by atoms with Crippen LogP contribution in [0.5, 0.6) is 0 Å². The molecule has 0 heterocycles. The van der Waals surface area contributed by atoms with E-state index in [1.807, 2.05) is 0 Å². The second-order valence-electron chi connectivity index (χ2n) is 0. The third-order valence-electron chi connectivity index (χ3n) is 0. The maximum Gasteiger partial charge on any atom is 4.00 e. The molecule has 0 rings (SSSR count). The van der Waals surface area contributed by atoms with Crippen LogP contribution in [-0.2, 0) is 32.7 Å². The summed E-state index contributed by atoms with van der Waals surface area (Å²) >= 11 is 0. The molecule has 0 fully saturated rings. The Hall–Kier alpha value is 0.564. The molecule has 4 heavy (non-hydrogen) atoms. The minimum Gasteiger partial charge on any atom is -2.00 e. The molecule has 0 radical (unpaired) electrons. The van der Waals surface area contributed by atoms with Crippen LogP contribution in [0, 0.1) is 0 Å². The van der Waals surface area contributed by atoms with Gasteiger partial charge in [0.2, 0.25) is 0 Å². The smallest absolute Gasteiger partial charge is 2.00 e. The van der Waals surface area contributed by atoms with Gasteiger partial charge in [-0.1, -0.05) is 0 Å². The second kappa shape index (κ2) is 73.6. The van der Waals surface area contributed by atoms with E-state index in [4.69, 9.17) is 0 Å². The zero-order chi connectivity index (χ0) is 0. The molecule has 0 atom stereocenters. The molecule has 2 nitrogen and oxygen atoms in total. The van der Waals surface area contributed by atoms with Crippen molar-refractivity contribution in [1.82, 2.24) is 0 Å². The number of rotatable bonds is 0. The van der Waals surface area contributed by atoms with Crippen molar-refractivity contribution in [3.05, 3.63) is 0 Å². The van der Waals surface area contributed by atoms with Crippen molar-refractivity contribution in [3.63, 3.8) is 0 Å². The maximum atomic E-state index is 0. The van der Waals surface area contributed by atoms with Gasteiger partial charge in [-0.2, -0.15) is 0 Å². The predicted molar refractivity (Wildman–Crippen MR) is 3.88 cm³/mol. The molecule has 0 saturated carbocycles. The Morgan fingerprint density at radius 1 is 0.750 bits per heavy atom. The summed E-state index contributed by atoms with van der Waals surface area (Å²) in [5.74, 6) is 0. The van der Waals surface area contributed by atoms with Crippen LogP contribution in [0.2, 0.25) is 0 Å². The summed E-state index contributed by atoms with van der Waals surface area (Å²) in [6.07, 6.45) is 0. The molecule has 24 valence electrons. The van der Waals surface area contributed by atoms with E-state index in [0.29, 0.717) is 0 Å². The van der Waals surface area contributed by atoms with Gasteiger partial charge in [0.25, 0.3) is 0 Å². The predicted octanol–water partition coefficient (Wildman–Crippen LogP) is -0.0876. The molecule has 0 aliphatic heterocycles. The first kappa shape index (κ1) is 182. The quantitative estimate of drug-likeness (QED) is 0.382. The molecule has 0 aromatic rings. The molecular weight excluding hydrogens is 98.9 g/mol. The van der Waals surface area contributed by atoms with Crippen LogP contribution in [-0.4, -0.2) is 0 Å². The molecule has 0 bridgehead atoms. The van der Waals surface area contributed by atoms with Gasteiger partial charge < -0.3 is 11.0 Å². The third kappa shape index (κ3) is 19.7. The van der Waals surface area contributed by atoms with E-state index >= 15 is 0 Å². The van der Waals surface area contributed by atoms with Crippen molar-refractivity contribution >= 4 is 0 Å². The van der Waals surface area contributed by atoms with Gasteiger partial charge in [0.1, 0.15) is 0 Å². The van der Waals surface area contributed by atoms with E-state index in [-0.39, 0.29) is 37.4 Å².